The van der Waals surface area contributed by atoms with E-state index < -0.39 is 11.9 Å². The number of aliphatic hydroxyl groups excluding tert-OH is 1. The van der Waals surface area contributed by atoms with E-state index in [1.165, 1.54) is 19.2 Å². The third-order valence-electron chi connectivity index (χ3n) is 3.03. The first-order chi connectivity index (χ1) is 9.10. The zero-order chi connectivity index (χ0) is 13.8. The van der Waals surface area contributed by atoms with E-state index in [2.05, 4.69) is 5.10 Å². The molecule has 1 N–H and O–H groups in total. The Morgan fingerprint density at radius 3 is 2.84 bits per heavy atom. The molecule has 1 atom stereocenters. The molecule has 0 aliphatic heterocycles. The van der Waals surface area contributed by atoms with Gasteiger partial charge in [0, 0.05) is 13.2 Å². The highest BCUT2D eigenvalue weighted by Crippen LogP contribution is 2.24. The molecule has 2 rings (SSSR count). The van der Waals surface area contributed by atoms with E-state index in [-0.39, 0.29) is 5.75 Å². The van der Waals surface area contributed by atoms with Crippen molar-refractivity contribution in [2.75, 3.05) is 7.11 Å². The molecule has 0 aliphatic carbocycles. The van der Waals surface area contributed by atoms with Crippen molar-refractivity contribution < 1.29 is 14.2 Å². The summed E-state index contributed by atoms with van der Waals surface area (Å²) in [7, 11) is 3.26. The summed E-state index contributed by atoms with van der Waals surface area (Å²) in [4.78, 5) is 0. The number of nitrogens with zero attached hydrogens (tertiary/aromatic N) is 2. The lowest BCUT2D eigenvalue weighted by atomic mass is 10.0. The van der Waals surface area contributed by atoms with Gasteiger partial charge in [0.2, 0.25) is 0 Å². The molecule has 1 unspecified atom stereocenters. The minimum Gasteiger partial charge on any atom is -0.494 e. The van der Waals surface area contributed by atoms with Gasteiger partial charge in [-0.2, -0.15) is 5.10 Å². The van der Waals surface area contributed by atoms with Crippen LogP contribution >= 0.6 is 0 Å². The Labute approximate surface area is 111 Å². The van der Waals surface area contributed by atoms with Crippen LogP contribution in [0.5, 0.6) is 5.75 Å². The normalized spacial score (nSPS) is 12.4. The quantitative estimate of drug-likeness (QED) is 0.901. The van der Waals surface area contributed by atoms with Gasteiger partial charge in [0.15, 0.2) is 11.6 Å². The average Bonchev–Trinajstić information content (AvgIpc) is 2.81. The van der Waals surface area contributed by atoms with Gasteiger partial charge < -0.3 is 9.84 Å². The fourth-order valence-electron chi connectivity index (χ4n) is 1.96. The van der Waals surface area contributed by atoms with Crippen molar-refractivity contribution in [2.24, 2.45) is 7.05 Å². The lowest BCUT2D eigenvalue weighted by Gasteiger charge is -2.11. The molecule has 0 saturated heterocycles. The van der Waals surface area contributed by atoms with Crippen LogP contribution in [0, 0.1) is 5.82 Å². The lowest BCUT2D eigenvalue weighted by Crippen LogP contribution is -2.01. The van der Waals surface area contributed by atoms with Crippen molar-refractivity contribution in [1.29, 1.82) is 0 Å². The van der Waals surface area contributed by atoms with Gasteiger partial charge in [-0.3, -0.25) is 4.68 Å². The Balaban J connectivity index is 1.99. The van der Waals surface area contributed by atoms with Gasteiger partial charge in [-0.25, -0.2) is 4.39 Å². The molecular formula is C14H17FN2O2. The Morgan fingerprint density at radius 1 is 1.47 bits per heavy atom. The Bertz CT molecular complexity index is 554. The molecule has 1 aromatic carbocycles. The molecule has 0 fully saturated rings. The number of ether oxygens (including phenoxy) is 1. The fourth-order valence-corrected chi connectivity index (χ4v) is 1.96. The summed E-state index contributed by atoms with van der Waals surface area (Å²) >= 11 is 0. The average molecular weight is 264 g/mol. The SMILES string of the molecule is COc1ccc(C(O)CCc2cnn(C)c2)cc1F. The second-order valence-corrected chi connectivity index (χ2v) is 4.47. The number of aromatic nitrogens is 2. The number of hydrogen-bond acceptors (Lipinski definition) is 3. The molecule has 1 aromatic heterocycles. The second-order valence-electron chi connectivity index (χ2n) is 4.47. The van der Waals surface area contributed by atoms with Gasteiger partial charge in [-0.1, -0.05) is 6.07 Å². The molecule has 5 heteroatoms. The van der Waals surface area contributed by atoms with Crippen LogP contribution in [0.15, 0.2) is 30.6 Å². The van der Waals surface area contributed by atoms with Crippen LogP contribution in [0.1, 0.15) is 23.7 Å². The summed E-state index contributed by atoms with van der Waals surface area (Å²) in [5.74, 6) is -0.274. The zero-order valence-electron chi connectivity index (χ0n) is 11.0. The van der Waals surface area contributed by atoms with Gasteiger partial charge in [-0.05, 0) is 36.1 Å². The molecule has 2 aromatic rings. The van der Waals surface area contributed by atoms with Crippen molar-refractivity contribution >= 4 is 0 Å². The van der Waals surface area contributed by atoms with Crippen molar-refractivity contribution in [2.45, 2.75) is 18.9 Å². The van der Waals surface area contributed by atoms with Gasteiger partial charge in [0.25, 0.3) is 0 Å². The third-order valence-corrected chi connectivity index (χ3v) is 3.03. The molecule has 0 spiro atoms. The van der Waals surface area contributed by atoms with E-state index in [4.69, 9.17) is 4.74 Å². The van der Waals surface area contributed by atoms with Gasteiger partial charge in [0.1, 0.15) is 0 Å². The molecule has 0 aliphatic rings. The maximum absolute atomic E-state index is 13.5. The summed E-state index contributed by atoms with van der Waals surface area (Å²) in [6.45, 7) is 0. The summed E-state index contributed by atoms with van der Waals surface area (Å²) < 4.78 is 20.1. The van der Waals surface area contributed by atoms with Gasteiger partial charge in [-0.15, -0.1) is 0 Å². The third kappa shape index (κ3) is 3.32. The Morgan fingerprint density at radius 2 is 2.26 bits per heavy atom. The standard InChI is InChI=1S/C14H17FN2O2/c1-17-9-10(8-16-17)3-5-13(18)11-4-6-14(19-2)12(15)7-11/h4,6-9,13,18H,3,5H2,1-2H3. The van der Waals surface area contributed by atoms with Crippen molar-refractivity contribution in [3.05, 3.63) is 47.5 Å². The minimum absolute atomic E-state index is 0.184. The monoisotopic (exact) mass is 264 g/mol. The van der Waals surface area contributed by atoms with Crippen LogP contribution in [0.25, 0.3) is 0 Å². The van der Waals surface area contributed by atoms with E-state index in [1.807, 2.05) is 13.2 Å². The van der Waals surface area contributed by atoms with Crippen LogP contribution in [-0.4, -0.2) is 22.0 Å². The van der Waals surface area contributed by atoms with Crippen LogP contribution < -0.4 is 4.74 Å². The predicted octanol–water partition coefficient (Wildman–Crippen LogP) is 2.23. The second kappa shape index (κ2) is 5.84. The molecular weight excluding hydrogens is 247 g/mol. The van der Waals surface area contributed by atoms with Crippen molar-refractivity contribution in [3.63, 3.8) is 0 Å². The van der Waals surface area contributed by atoms with E-state index in [0.29, 0.717) is 18.4 Å². The van der Waals surface area contributed by atoms with E-state index >= 15 is 0 Å². The van der Waals surface area contributed by atoms with Crippen LogP contribution in [-0.2, 0) is 13.5 Å². The smallest absolute Gasteiger partial charge is 0.165 e. The number of halogens is 1. The van der Waals surface area contributed by atoms with Crippen molar-refractivity contribution in [1.82, 2.24) is 9.78 Å². The number of methoxy groups -OCH3 is 1. The van der Waals surface area contributed by atoms with Crippen LogP contribution in [0.4, 0.5) is 4.39 Å². The lowest BCUT2D eigenvalue weighted by molar-refractivity contribution is 0.167. The van der Waals surface area contributed by atoms with Crippen LogP contribution in [0.2, 0.25) is 0 Å². The minimum atomic E-state index is -0.694. The van der Waals surface area contributed by atoms with Gasteiger partial charge >= 0.3 is 0 Å². The number of benzene rings is 1. The highest BCUT2D eigenvalue weighted by molar-refractivity contribution is 5.30. The predicted molar refractivity (Wildman–Crippen MR) is 69.4 cm³/mol. The molecule has 1 heterocycles. The highest BCUT2D eigenvalue weighted by Gasteiger charge is 2.11. The number of aliphatic hydroxyl groups is 1. The largest absolute Gasteiger partial charge is 0.494 e. The summed E-state index contributed by atoms with van der Waals surface area (Å²) in [6, 6.07) is 4.51. The van der Waals surface area contributed by atoms with E-state index in [0.717, 1.165) is 5.56 Å². The number of hydrogen-bond donors (Lipinski definition) is 1. The maximum atomic E-state index is 13.5. The van der Waals surface area contributed by atoms with E-state index in [1.54, 1.807) is 16.9 Å². The fraction of sp³-hybridized carbons (Fsp3) is 0.357. The summed E-state index contributed by atoms with van der Waals surface area (Å²) in [6.07, 6.45) is 4.20. The van der Waals surface area contributed by atoms with E-state index in [9.17, 15) is 9.50 Å². The molecule has 102 valence electrons. The van der Waals surface area contributed by atoms with Gasteiger partial charge in [0.05, 0.1) is 19.4 Å². The Hall–Kier alpha value is -1.88. The Kier molecular flexibility index (Phi) is 4.16. The molecule has 19 heavy (non-hydrogen) atoms. The summed E-state index contributed by atoms with van der Waals surface area (Å²) in [5.41, 5.74) is 1.61. The maximum Gasteiger partial charge on any atom is 0.165 e. The molecule has 0 saturated carbocycles. The summed E-state index contributed by atoms with van der Waals surface area (Å²) in [5, 5.41) is 14.1. The first-order valence-electron chi connectivity index (χ1n) is 6.09. The molecule has 0 amide bonds. The topological polar surface area (TPSA) is 47.3 Å². The van der Waals surface area contributed by atoms with Crippen molar-refractivity contribution in [3.8, 4) is 5.75 Å². The number of rotatable bonds is 5. The molecule has 0 bridgehead atoms. The molecule has 0 radical (unpaired) electrons. The van der Waals surface area contributed by atoms with Crippen LogP contribution in [0.3, 0.4) is 0 Å². The number of aryl methyl sites for hydroxylation is 2. The zero-order valence-corrected chi connectivity index (χ0v) is 11.0. The first-order valence-corrected chi connectivity index (χ1v) is 6.09. The first kappa shape index (κ1) is 13.5. The highest BCUT2D eigenvalue weighted by atomic mass is 19.1. The molecule has 4 nitrogen and oxygen atoms in total.